The maximum absolute atomic E-state index is 13.0. The number of benzene rings is 1. The van der Waals surface area contributed by atoms with Crippen LogP contribution in [0, 0.1) is 0 Å². The summed E-state index contributed by atoms with van der Waals surface area (Å²) in [6, 6.07) is 15.2. The van der Waals surface area contributed by atoms with Crippen molar-refractivity contribution in [3.63, 3.8) is 0 Å². The van der Waals surface area contributed by atoms with Crippen molar-refractivity contribution in [3.05, 3.63) is 77.9 Å². The third kappa shape index (κ3) is 3.36. The van der Waals surface area contributed by atoms with Crippen LogP contribution in [0.5, 0.6) is 0 Å². The highest BCUT2D eigenvalue weighted by molar-refractivity contribution is 5.94. The lowest BCUT2D eigenvalue weighted by Crippen LogP contribution is -2.52. The van der Waals surface area contributed by atoms with Gasteiger partial charge < -0.3 is 14.8 Å². The van der Waals surface area contributed by atoms with Gasteiger partial charge >= 0.3 is 0 Å². The van der Waals surface area contributed by atoms with Gasteiger partial charge in [0.2, 0.25) is 0 Å². The molecule has 0 fully saturated rings. The van der Waals surface area contributed by atoms with E-state index in [0.29, 0.717) is 31.0 Å². The highest BCUT2D eigenvalue weighted by atomic mass is 16.2. The van der Waals surface area contributed by atoms with Crippen molar-refractivity contribution in [3.8, 4) is 0 Å². The van der Waals surface area contributed by atoms with Crippen molar-refractivity contribution in [2.24, 2.45) is 7.05 Å². The Balaban J connectivity index is 1.54. The Bertz CT molecular complexity index is 960. The smallest absolute Gasteiger partial charge is 0.271 e. The van der Waals surface area contributed by atoms with Crippen LogP contribution in [-0.2, 0) is 20.1 Å². The normalized spacial score (nSPS) is 16.3. The first-order valence-corrected chi connectivity index (χ1v) is 8.89. The van der Waals surface area contributed by atoms with E-state index in [1.54, 1.807) is 19.3 Å². The van der Waals surface area contributed by atoms with E-state index in [0.717, 1.165) is 5.56 Å². The van der Waals surface area contributed by atoms with Crippen molar-refractivity contribution in [1.82, 2.24) is 24.6 Å². The Labute approximate surface area is 157 Å². The number of hydrogen-bond acceptors (Lipinski definition) is 3. The van der Waals surface area contributed by atoms with Gasteiger partial charge in [-0.25, -0.2) is 0 Å². The average Bonchev–Trinajstić information content (AvgIpc) is 3.32. The minimum Gasteiger partial charge on any atom is -0.349 e. The Hall–Kier alpha value is -3.35. The molecule has 0 spiro atoms. The van der Waals surface area contributed by atoms with E-state index in [1.165, 1.54) is 4.68 Å². The summed E-state index contributed by atoms with van der Waals surface area (Å²) >= 11 is 0. The summed E-state index contributed by atoms with van der Waals surface area (Å²) in [7, 11) is 1.73. The number of fused-ring (bicyclic) bond motifs is 1. The van der Waals surface area contributed by atoms with E-state index in [9.17, 15) is 9.59 Å². The highest BCUT2D eigenvalue weighted by Gasteiger charge is 2.32. The first-order valence-electron chi connectivity index (χ1n) is 8.89. The third-order valence-electron chi connectivity index (χ3n) is 4.91. The summed E-state index contributed by atoms with van der Waals surface area (Å²) < 4.78 is 3.48. The molecule has 2 aromatic heterocycles. The number of nitrogens with zero attached hydrogens (tertiary/aromatic N) is 4. The fourth-order valence-corrected chi connectivity index (χ4v) is 3.46. The van der Waals surface area contributed by atoms with Gasteiger partial charge in [0.1, 0.15) is 11.4 Å². The van der Waals surface area contributed by atoms with E-state index in [-0.39, 0.29) is 17.9 Å². The number of aromatic nitrogens is 3. The first kappa shape index (κ1) is 17.1. The number of hydrogen-bond donors (Lipinski definition) is 1. The maximum Gasteiger partial charge on any atom is 0.271 e. The molecular formula is C20H21N5O2. The fraction of sp³-hybridized carbons (Fsp3) is 0.250. The quantitative estimate of drug-likeness (QED) is 0.750. The lowest BCUT2D eigenvalue weighted by molar-refractivity contribution is 0.0562. The topological polar surface area (TPSA) is 72.2 Å². The van der Waals surface area contributed by atoms with Gasteiger partial charge in [0.25, 0.3) is 11.8 Å². The van der Waals surface area contributed by atoms with Crippen molar-refractivity contribution in [2.45, 2.75) is 19.1 Å². The summed E-state index contributed by atoms with van der Waals surface area (Å²) in [4.78, 5) is 27.3. The second-order valence-corrected chi connectivity index (χ2v) is 6.67. The van der Waals surface area contributed by atoms with Gasteiger partial charge in [0.05, 0.1) is 6.04 Å². The van der Waals surface area contributed by atoms with E-state index in [2.05, 4.69) is 10.4 Å². The zero-order chi connectivity index (χ0) is 18.8. The van der Waals surface area contributed by atoms with E-state index in [1.807, 2.05) is 58.1 Å². The third-order valence-corrected chi connectivity index (χ3v) is 4.91. The highest BCUT2D eigenvalue weighted by Crippen LogP contribution is 2.20. The number of aryl methyl sites for hydroxylation is 1. The maximum atomic E-state index is 13.0. The molecule has 1 aliphatic rings. The van der Waals surface area contributed by atoms with Crippen molar-refractivity contribution in [2.75, 3.05) is 6.54 Å². The molecule has 1 atom stereocenters. The molecular weight excluding hydrogens is 342 g/mol. The van der Waals surface area contributed by atoms with Gasteiger partial charge in [-0.05, 0) is 23.8 Å². The van der Waals surface area contributed by atoms with Gasteiger partial charge in [-0.2, -0.15) is 5.10 Å². The molecule has 1 aliphatic heterocycles. The van der Waals surface area contributed by atoms with Gasteiger partial charge in [-0.1, -0.05) is 30.3 Å². The average molecular weight is 363 g/mol. The van der Waals surface area contributed by atoms with Crippen molar-refractivity contribution in [1.29, 1.82) is 0 Å². The summed E-state index contributed by atoms with van der Waals surface area (Å²) in [5.41, 5.74) is 2.24. The molecule has 0 aliphatic carbocycles. The molecule has 0 saturated carbocycles. The van der Waals surface area contributed by atoms with Crippen LogP contribution in [0.4, 0.5) is 0 Å². The molecule has 2 amide bonds. The van der Waals surface area contributed by atoms with E-state index >= 15 is 0 Å². The largest absolute Gasteiger partial charge is 0.349 e. The molecule has 0 bridgehead atoms. The first-order chi connectivity index (χ1) is 13.1. The molecule has 3 aromatic rings. The number of nitrogens with one attached hydrogen (secondary N) is 1. The van der Waals surface area contributed by atoms with E-state index < -0.39 is 0 Å². The molecule has 7 heteroatoms. The summed E-state index contributed by atoms with van der Waals surface area (Å²) in [6.45, 7) is 1.53. The Morgan fingerprint density at radius 1 is 1.19 bits per heavy atom. The van der Waals surface area contributed by atoms with Crippen LogP contribution in [0.15, 0.2) is 60.9 Å². The number of carbonyl (C=O) groups excluding carboxylic acids is 2. The molecule has 0 radical (unpaired) electrons. The van der Waals surface area contributed by atoms with Crippen LogP contribution in [0.1, 0.15) is 26.5 Å². The summed E-state index contributed by atoms with van der Waals surface area (Å²) in [5.74, 6) is -0.213. The van der Waals surface area contributed by atoms with Crippen LogP contribution in [0.2, 0.25) is 0 Å². The SMILES string of the molecule is Cn1nccc1C(=O)NCC1Cn2cccc2C(=O)N1Cc1ccccc1. The van der Waals surface area contributed by atoms with Crippen molar-refractivity contribution < 1.29 is 9.59 Å². The molecule has 1 N–H and O–H groups in total. The van der Waals surface area contributed by atoms with Crippen LogP contribution in [0.25, 0.3) is 0 Å². The number of amides is 2. The van der Waals surface area contributed by atoms with Gasteiger partial charge in [-0.3, -0.25) is 14.3 Å². The predicted octanol–water partition coefficient (Wildman–Crippen LogP) is 1.68. The zero-order valence-corrected chi connectivity index (χ0v) is 15.1. The van der Waals surface area contributed by atoms with Crippen LogP contribution in [0.3, 0.4) is 0 Å². The Morgan fingerprint density at radius 2 is 2.00 bits per heavy atom. The van der Waals surface area contributed by atoms with Gasteiger partial charge in [-0.15, -0.1) is 0 Å². The zero-order valence-electron chi connectivity index (χ0n) is 15.1. The minimum absolute atomic E-state index is 0.0186. The van der Waals surface area contributed by atoms with Crippen molar-refractivity contribution >= 4 is 11.8 Å². The lowest BCUT2D eigenvalue weighted by atomic mass is 10.1. The molecule has 27 heavy (non-hydrogen) atoms. The van der Waals surface area contributed by atoms with Gasteiger partial charge in [0.15, 0.2) is 0 Å². The summed E-state index contributed by atoms with van der Waals surface area (Å²) in [6.07, 6.45) is 3.50. The van der Waals surface area contributed by atoms with Crippen LogP contribution >= 0.6 is 0 Å². The van der Waals surface area contributed by atoms with E-state index in [4.69, 9.17) is 0 Å². The van der Waals surface area contributed by atoms with Gasteiger partial charge in [0, 0.05) is 39.1 Å². The number of rotatable bonds is 5. The van der Waals surface area contributed by atoms with Crippen LogP contribution < -0.4 is 5.32 Å². The standard InChI is InChI=1S/C20H21N5O2/c1-23-17(9-10-22-23)19(26)21-12-16-14-24-11-5-8-18(24)20(27)25(16)13-15-6-3-2-4-7-15/h2-11,16H,12-14H2,1H3,(H,21,26). The minimum atomic E-state index is -0.194. The molecule has 0 saturated heterocycles. The lowest BCUT2D eigenvalue weighted by Gasteiger charge is -2.37. The second kappa shape index (κ2) is 7.11. The molecule has 3 heterocycles. The molecule has 138 valence electrons. The Morgan fingerprint density at radius 3 is 2.74 bits per heavy atom. The molecule has 1 aromatic carbocycles. The Kier molecular flexibility index (Phi) is 4.50. The number of carbonyl (C=O) groups is 2. The second-order valence-electron chi connectivity index (χ2n) is 6.67. The molecule has 4 rings (SSSR count). The summed E-state index contributed by atoms with van der Waals surface area (Å²) in [5, 5.41) is 6.97. The van der Waals surface area contributed by atoms with Crippen LogP contribution in [-0.4, -0.2) is 43.6 Å². The fourth-order valence-electron chi connectivity index (χ4n) is 3.46. The molecule has 7 nitrogen and oxygen atoms in total. The predicted molar refractivity (Wildman–Crippen MR) is 100 cm³/mol. The monoisotopic (exact) mass is 363 g/mol. The molecule has 1 unspecified atom stereocenters.